The van der Waals surface area contributed by atoms with Gasteiger partial charge < -0.3 is 25.4 Å². The summed E-state index contributed by atoms with van der Waals surface area (Å²) < 4.78 is 6.61. The number of aliphatic hydroxyl groups is 1. The van der Waals surface area contributed by atoms with Gasteiger partial charge >= 0.3 is 0 Å². The van der Waals surface area contributed by atoms with Gasteiger partial charge in [-0.05, 0) is 63.3 Å². The van der Waals surface area contributed by atoms with E-state index in [0.29, 0.717) is 25.1 Å². The summed E-state index contributed by atoms with van der Waals surface area (Å²) in [6.45, 7) is 7.49. The molecule has 0 aromatic heterocycles. The van der Waals surface area contributed by atoms with Crippen molar-refractivity contribution in [3.8, 4) is 0 Å². The SMILES string of the molecule is Cc1ccc(C)c(NC(=O)C2N([C@H](C)CO)C(=O)[C@@H]3[C@H](C(=O)NCc4ccccc4)[C@]4(C)CCC23O4)c1. The standard InChI is InChI=1S/C29H35N3O5/c1-17-10-11-18(2)21(14-17)31-26(35)24-29-13-12-28(4,37-29)22(23(29)27(36)32(24)19(3)16-33)25(34)30-15-20-8-6-5-7-9-20/h5-11,14,19,22-24,33H,12-13,15-16H2,1-4H3,(H,30,34)(H,31,35)/t19-,22-,23+,24?,28+,29?/m1/s1. The first kappa shape index (κ1) is 25.4. The molecule has 3 saturated heterocycles. The van der Waals surface area contributed by atoms with Gasteiger partial charge in [-0.15, -0.1) is 0 Å². The molecule has 0 radical (unpaired) electrons. The van der Waals surface area contributed by atoms with Crippen LogP contribution < -0.4 is 10.6 Å². The van der Waals surface area contributed by atoms with Crippen LogP contribution in [0.4, 0.5) is 5.69 Å². The molecule has 5 rings (SSSR count). The van der Waals surface area contributed by atoms with Crippen LogP contribution in [0.2, 0.25) is 0 Å². The number of carbonyl (C=O) groups is 3. The lowest BCUT2D eigenvalue weighted by molar-refractivity contribution is -0.147. The van der Waals surface area contributed by atoms with Crippen LogP contribution in [0.15, 0.2) is 48.5 Å². The molecule has 0 saturated carbocycles. The summed E-state index contributed by atoms with van der Waals surface area (Å²) in [7, 11) is 0. The second-order valence-electron chi connectivity index (χ2n) is 11.0. The third kappa shape index (κ3) is 4.03. The van der Waals surface area contributed by atoms with Gasteiger partial charge in [0.2, 0.25) is 17.7 Å². The van der Waals surface area contributed by atoms with Crippen molar-refractivity contribution in [2.24, 2.45) is 11.8 Å². The zero-order chi connectivity index (χ0) is 26.5. The highest BCUT2D eigenvalue weighted by Gasteiger charge is 2.78. The lowest BCUT2D eigenvalue weighted by atomic mass is 9.66. The number of nitrogens with zero attached hydrogens (tertiary/aromatic N) is 1. The molecule has 3 aliphatic heterocycles. The van der Waals surface area contributed by atoms with E-state index >= 15 is 0 Å². The van der Waals surface area contributed by atoms with Gasteiger partial charge in [0, 0.05) is 12.2 Å². The van der Waals surface area contributed by atoms with E-state index in [1.54, 1.807) is 6.92 Å². The number of likely N-dealkylation sites (tertiary alicyclic amines) is 1. The van der Waals surface area contributed by atoms with E-state index < -0.39 is 35.1 Å². The van der Waals surface area contributed by atoms with Gasteiger partial charge in [-0.3, -0.25) is 14.4 Å². The molecule has 3 N–H and O–H groups in total. The summed E-state index contributed by atoms with van der Waals surface area (Å²) in [5.41, 5.74) is 1.55. The number of rotatable bonds is 7. The second-order valence-corrected chi connectivity index (χ2v) is 11.0. The summed E-state index contributed by atoms with van der Waals surface area (Å²) in [5, 5.41) is 16.0. The van der Waals surface area contributed by atoms with Gasteiger partial charge in [0.25, 0.3) is 0 Å². The lowest BCUT2D eigenvalue weighted by Gasteiger charge is -2.35. The number of fused-ring (bicyclic) bond motifs is 1. The van der Waals surface area contributed by atoms with Gasteiger partial charge in [-0.2, -0.15) is 0 Å². The fourth-order valence-corrected chi connectivity index (χ4v) is 6.59. The van der Waals surface area contributed by atoms with E-state index in [4.69, 9.17) is 4.74 Å². The van der Waals surface area contributed by atoms with Crippen molar-refractivity contribution in [2.75, 3.05) is 11.9 Å². The Labute approximate surface area is 217 Å². The topological polar surface area (TPSA) is 108 Å². The number of anilines is 1. The average Bonchev–Trinajstić information content (AvgIpc) is 3.45. The third-order valence-corrected chi connectivity index (χ3v) is 8.44. The molecule has 3 fully saturated rings. The van der Waals surface area contributed by atoms with Crippen LogP contribution in [0, 0.1) is 25.7 Å². The molecule has 2 aromatic rings. The molecule has 2 unspecified atom stereocenters. The normalized spacial score (nSPS) is 30.8. The van der Waals surface area contributed by atoms with Crippen LogP contribution in [-0.2, 0) is 25.7 Å². The molecule has 2 bridgehead atoms. The summed E-state index contributed by atoms with van der Waals surface area (Å²) >= 11 is 0. The molecule has 0 aliphatic carbocycles. The maximum Gasteiger partial charge on any atom is 0.250 e. The molecule has 3 aliphatic rings. The highest BCUT2D eigenvalue weighted by Crippen LogP contribution is 2.63. The number of nitrogens with one attached hydrogen (secondary N) is 2. The van der Waals surface area contributed by atoms with Gasteiger partial charge in [0.05, 0.1) is 30.1 Å². The lowest BCUT2D eigenvalue weighted by Crippen LogP contribution is -2.55. The molecule has 8 nitrogen and oxygen atoms in total. The van der Waals surface area contributed by atoms with Crippen molar-refractivity contribution in [1.29, 1.82) is 0 Å². The number of aryl methyl sites for hydroxylation is 2. The first-order valence-electron chi connectivity index (χ1n) is 12.9. The quantitative estimate of drug-likeness (QED) is 0.536. The molecule has 8 heteroatoms. The minimum Gasteiger partial charge on any atom is -0.394 e. The Bertz CT molecular complexity index is 1230. The summed E-state index contributed by atoms with van der Waals surface area (Å²) in [6.07, 6.45) is 1.05. The molecular formula is C29H35N3O5. The van der Waals surface area contributed by atoms with Gasteiger partial charge in [0.1, 0.15) is 11.6 Å². The van der Waals surface area contributed by atoms with Crippen molar-refractivity contribution in [1.82, 2.24) is 10.2 Å². The maximum atomic E-state index is 14.0. The molecular weight excluding hydrogens is 470 g/mol. The van der Waals surface area contributed by atoms with E-state index in [1.165, 1.54) is 4.90 Å². The smallest absolute Gasteiger partial charge is 0.250 e. The number of benzene rings is 2. The van der Waals surface area contributed by atoms with Crippen LogP contribution >= 0.6 is 0 Å². The molecule has 6 atom stereocenters. The first-order valence-corrected chi connectivity index (χ1v) is 12.9. The molecule has 2 aromatic carbocycles. The number of hydrogen-bond donors (Lipinski definition) is 3. The summed E-state index contributed by atoms with van der Waals surface area (Å²) in [6, 6.07) is 13.8. The number of aliphatic hydroxyl groups excluding tert-OH is 1. The average molecular weight is 506 g/mol. The number of hydrogen-bond acceptors (Lipinski definition) is 5. The molecule has 3 heterocycles. The maximum absolute atomic E-state index is 14.0. The molecule has 3 amide bonds. The fraction of sp³-hybridized carbons (Fsp3) is 0.483. The Balaban J connectivity index is 1.48. The van der Waals surface area contributed by atoms with E-state index in [-0.39, 0.29) is 24.3 Å². The minimum atomic E-state index is -1.13. The predicted molar refractivity (Wildman–Crippen MR) is 138 cm³/mol. The zero-order valence-electron chi connectivity index (χ0n) is 21.8. The van der Waals surface area contributed by atoms with Crippen LogP contribution in [0.25, 0.3) is 0 Å². The Morgan fingerprint density at radius 1 is 1.14 bits per heavy atom. The predicted octanol–water partition coefficient (Wildman–Crippen LogP) is 2.70. The van der Waals surface area contributed by atoms with E-state index in [2.05, 4.69) is 10.6 Å². The Hall–Kier alpha value is -3.23. The summed E-state index contributed by atoms with van der Waals surface area (Å²) in [4.78, 5) is 42.9. The number of ether oxygens (including phenoxy) is 1. The Morgan fingerprint density at radius 3 is 2.57 bits per heavy atom. The zero-order valence-corrected chi connectivity index (χ0v) is 21.8. The first-order chi connectivity index (χ1) is 17.6. The highest BCUT2D eigenvalue weighted by molar-refractivity contribution is 6.04. The van der Waals surface area contributed by atoms with Crippen LogP contribution in [-0.4, -0.2) is 57.6 Å². The van der Waals surface area contributed by atoms with Crippen LogP contribution in [0.5, 0.6) is 0 Å². The molecule has 37 heavy (non-hydrogen) atoms. The third-order valence-electron chi connectivity index (χ3n) is 8.44. The number of amides is 3. The van der Waals surface area contributed by atoms with Crippen molar-refractivity contribution in [3.05, 3.63) is 65.2 Å². The minimum absolute atomic E-state index is 0.251. The van der Waals surface area contributed by atoms with Crippen molar-refractivity contribution in [2.45, 2.75) is 70.4 Å². The monoisotopic (exact) mass is 505 g/mol. The van der Waals surface area contributed by atoms with Crippen molar-refractivity contribution < 1.29 is 24.2 Å². The second kappa shape index (κ2) is 9.26. The van der Waals surface area contributed by atoms with Gasteiger partial charge in [0.15, 0.2) is 0 Å². The van der Waals surface area contributed by atoms with Crippen LogP contribution in [0.1, 0.15) is 43.4 Å². The Morgan fingerprint density at radius 2 is 1.86 bits per heavy atom. The number of carbonyl (C=O) groups excluding carboxylic acids is 3. The van der Waals surface area contributed by atoms with Crippen molar-refractivity contribution in [3.63, 3.8) is 0 Å². The fourth-order valence-electron chi connectivity index (χ4n) is 6.59. The Kier molecular flexibility index (Phi) is 6.36. The van der Waals surface area contributed by atoms with E-state index in [1.807, 2.05) is 69.3 Å². The van der Waals surface area contributed by atoms with Gasteiger partial charge in [-0.1, -0.05) is 42.5 Å². The summed E-state index contributed by atoms with van der Waals surface area (Å²) in [5.74, 6) is -2.46. The molecule has 196 valence electrons. The molecule has 1 spiro atoms. The van der Waals surface area contributed by atoms with E-state index in [9.17, 15) is 19.5 Å². The van der Waals surface area contributed by atoms with Crippen LogP contribution in [0.3, 0.4) is 0 Å². The highest BCUT2D eigenvalue weighted by atomic mass is 16.5. The van der Waals surface area contributed by atoms with Gasteiger partial charge in [-0.25, -0.2) is 0 Å². The van der Waals surface area contributed by atoms with Crippen molar-refractivity contribution >= 4 is 23.4 Å². The largest absolute Gasteiger partial charge is 0.394 e. The van der Waals surface area contributed by atoms with E-state index in [0.717, 1.165) is 16.7 Å².